The molecule has 1 aliphatic carbocycles. The third-order valence-corrected chi connectivity index (χ3v) is 4.93. The topological polar surface area (TPSA) is 107 Å². The summed E-state index contributed by atoms with van der Waals surface area (Å²) in [4.78, 5) is 10.1. The Morgan fingerprint density at radius 2 is 2.12 bits per heavy atom. The van der Waals surface area contributed by atoms with Gasteiger partial charge in [-0.3, -0.25) is 0 Å². The molecule has 0 aromatic heterocycles. The van der Waals surface area contributed by atoms with Crippen LogP contribution in [0.5, 0.6) is 0 Å². The number of carboxylic acids is 1. The number of aliphatic hydroxyl groups is 1. The third-order valence-electron chi connectivity index (χ3n) is 2.86. The van der Waals surface area contributed by atoms with Crippen molar-refractivity contribution in [2.24, 2.45) is 5.92 Å². The Balaban J connectivity index is 0.00000256. The number of sulfonamides is 1. The van der Waals surface area contributed by atoms with Crippen molar-refractivity contribution in [3.63, 3.8) is 0 Å². The van der Waals surface area contributed by atoms with Crippen LogP contribution in [0.4, 0.5) is 0 Å². The van der Waals surface area contributed by atoms with Gasteiger partial charge in [0.2, 0.25) is 10.0 Å². The van der Waals surface area contributed by atoms with Crippen LogP contribution in [0, 0.1) is 5.92 Å². The van der Waals surface area contributed by atoms with Crippen LogP contribution in [-0.2, 0) is 14.8 Å². The van der Waals surface area contributed by atoms with Crippen molar-refractivity contribution >= 4 is 16.0 Å². The van der Waals surface area contributed by atoms with Crippen LogP contribution in [0.3, 0.4) is 0 Å². The molecule has 3 unspecified atom stereocenters. The summed E-state index contributed by atoms with van der Waals surface area (Å²) in [7, 11) is -3.43. The average Bonchev–Trinajstić information content (AvgIpc) is 2.11. The summed E-state index contributed by atoms with van der Waals surface area (Å²) in [6.45, 7) is 1.57. The zero-order valence-corrected chi connectivity index (χ0v) is 12.9. The van der Waals surface area contributed by atoms with E-state index in [4.69, 9.17) is 0 Å². The molecule has 0 spiro atoms. The van der Waals surface area contributed by atoms with Gasteiger partial charge in [-0.1, -0.05) is 6.92 Å². The second-order valence-corrected chi connectivity index (χ2v) is 6.20. The van der Waals surface area contributed by atoms with Crippen molar-refractivity contribution < 1.29 is 53.0 Å². The van der Waals surface area contributed by atoms with Gasteiger partial charge in [0.15, 0.2) is 0 Å². The van der Waals surface area contributed by atoms with E-state index in [9.17, 15) is 23.4 Å². The van der Waals surface area contributed by atoms with Gasteiger partial charge < -0.3 is 15.0 Å². The molecule has 0 radical (unpaired) electrons. The molecule has 0 aliphatic heterocycles. The number of aliphatic hydroxyl groups excluding tert-OH is 1. The molecule has 0 saturated heterocycles. The standard InChI is InChI=1S/C9H17NO5S.Na/c1-6-2-3-8(6)16(14,15)10-5-7(11)4-9(12)13;/h6-8,10-11H,2-5H2,1H3,(H,12,13);/q;+1/p-1. The van der Waals surface area contributed by atoms with Gasteiger partial charge in [-0.25, -0.2) is 13.1 Å². The van der Waals surface area contributed by atoms with Gasteiger partial charge in [-0.05, 0) is 18.8 Å². The number of nitrogens with one attached hydrogen (secondary N) is 1. The van der Waals surface area contributed by atoms with E-state index in [0.29, 0.717) is 6.42 Å². The van der Waals surface area contributed by atoms with E-state index in [1.807, 2.05) is 6.92 Å². The van der Waals surface area contributed by atoms with E-state index in [1.165, 1.54) is 0 Å². The van der Waals surface area contributed by atoms with Crippen molar-refractivity contribution in [2.75, 3.05) is 6.54 Å². The fraction of sp³-hybridized carbons (Fsp3) is 0.889. The van der Waals surface area contributed by atoms with Crippen LogP contribution in [0.2, 0.25) is 0 Å². The Morgan fingerprint density at radius 3 is 2.47 bits per heavy atom. The maximum atomic E-state index is 11.6. The Morgan fingerprint density at radius 1 is 1.53 bits per heavy atom. The molecule has 17 heavy (non-hydrogen) atoms. The van der Waals surface area contributed by atoms with Gasteiger partial charge in [0.25, 0.3) is 0 Å². The molecule has 94 valence electrons. The Bertz CT molecular complexity index is 358. The number of carbonyl (C=O) groups excluding carboxylic acids is 1. The van der Waals surface area contributed by atoms with E-state index >= 15 is 0 Å². The molecule has 0 amide bonds. The smallest absolute Gasteiger partial charge is 0.550 e. The van der Waals surface area contributed by atoms with Crippen molar-refractivity contribution in [2.45, 2.75) is 37.5 Å². The maximum Gasteiger partial charge on any atom is 1.00 e. The van der Waals surface area contributed by atoms with Crippen LogP contribution < -0.4 is 39.4 Å². The molecule has 0 aromatic rings. The minimum Gasteiger partial charge on any atom is -0.550 e. The maximum absolute atomic E-state index is 11.6. The predicted octanol–water partition coefficient (Wildman–Crippen LogP) is -4.79. The first-order valence-corrected chi connectivity index (χ1v) is 6.74. The minimum absolute atomic E-state index is 0. The Kier molecular flexibility index (Phi) is 7.20. The number of aliphatic carboxylic acids is 1. The average molecular weight is 273 g/mol. The third kappa shape index (κ3) is 5.23. The normalized spacial score (nSPS) is 25.5. The van der Waals surface area contributed by atoms with Crippen LogP contribution in [0.15, 0.2) is 0 Å². The fourth-order valence-electron chi connectivity index (χ4n) is 1.68. The summed E-state index contributed by atoms with van der Waals surface area (Å²) in [5.41, 5.74) is 0. The summed E-state index contributed by atoms with van der Waals surface area (Å²) in [5.74, 6) is -1.28. The van der Waals surface area contributed by atoms with E-state index in [1.54, 1.807) is 0 Å². The summed E-state index contributed by atoms with van der Waals surface area (Å²) in [6.07, 6.45) is -0.307. The van der Waals surface area contributed by atoms with E-state index < -0.39 is 33.8 Å². The SMILES string of the molecule is CC1CCC1S(=O)(=O)NCC(O)CC(=O)[O-].[Na+]. The first-order chi connectivity index (χ1) is 7.33. The van der Waals surface area contributed by atoms with Gasteiger partial charge in [0.1, 0.15) is 0 Å². The number of rotatable bonds is 6. The van der Waals surface area contributed by atoms with Crippen molar-refractivity contribution in [3.8, 4) is 0 Å². The van der Waals surface area contributed by atoms with Crippen molar-refractivity contribution in [1.29, 1.82) is 0 Å². The molecule has 1 rings (SSSR count). The first kappa shape index (κ1) is 17.3. The number of hydrogen-bond donors (Lipinski definition) is 2. The molecule has 8 heteroatoms. The van der Waals surface area contributed by atoms with Crippen LogP contribution >= 0.6 is 0 Å². The van der Waals surface area contributed by atoms with Gasteiger partial charge in [0, 0.05) is 18.9 Å². The molecule has 2 N–H and O–H groups in total. The summed E-state index contributed by atoms with van der Waals surface area (Å²) < 4.78 is 25.5. The monoisotopic (exact) mass is 273 g/mol. The van der Waals surface area contributed by atoms with Gasteiger partial charge in [0.05, 0.1) is 11.4 Å². The quantitative estimate of drug-likeness (QED) is 0.472. The zero-order chi connectivity index (χ0) is 12.3. The molecular weight excluding hydrogens is 257 g/mol. The van der Waals surface area contributed by atoms with Crippen molar-refractivity contribution in [3.05, 3.63) is 0 Å². The predicted molar refractivity (Wildman–Crippen MR) is 54.7 cm³/mol. The van der Waals surface area contributed by atoms with Crippen LogP contribution in [0.1, 0.15) is 26.2 Å². The van der Waals surface area contributed by atoms with Gasteiger partial charge >= 0.3 is 29.6 Å². The molecule has 0 heterocycles. The molecule has 1 aliphatic rings. The number of hydrogen-bond acceptors (Lipinski definition) is 5. The van der Waals surface area contributed by atoms with Gasteiger partial charge in [-0.15, -0.1) is 0 Å². The molecule has 1 fully saturated rings. The second kappa shape index (κ2) is 7.06. The van der Waals surface area contributed by atoms with Gasteiger partial charge in [-0.2, -0.15) is 0 Å². The zero-order valence-electron chi connectivity index (χ0n) is 10.0. The summed E-state index contributed by atoms with van der Waals surface area (Å²) in [5, 5.41) is 18.9. The number of carbonyl (C=O) groups is 1. The molecule has 3 atom stereocenters. The molecule has 6 nitrogen and oxygen atoms in total. The summed E-state index contributed by atoms with van der Waals surface area (Å²) in [6, 6.07) is 0. The Hall–Kier alpha value is 0.340. The van der Waals surface area contributed by atoms with Crippen LogP contribution in [-0.4, -0.2) is 37.4 Å². The first-order valence-electron chi connectivity index (χ1n) is 5.19. The van der Waals surface area contributed by atoms with E-state index in [2.05, 4.69) is 4.72 Å². The fourth-order valence-corrected chi connectivity index (χ4v) is 3.51. The van der Waals surface area contributed by atoms with Crippen LogP contribution in [0.25, 0.3) is 0 Å². The van der Waals surface area contributed by atoms with Crippen molar-refractivity contribution in [1.82, 2.24) is 4.72 Å². The number of carboxylic acid groups (broad SMARTS) is 1. The van der Waals surface area contributed by atoms with E-state index in [0.717, 1.165) is 6.42 Å². The van der Waals surface area contributed by atoms with E-state index in [-0.39, 0.29) is 42.0 Å². The largest absolute Gasteiger partial charge is 1.00 e. The molecular formula is C9H16NNaO5S. The Labute approximate surface area is 123 Å². The molecule has 0 aromatic carbocycles. The second-order valence-electron chi connectivity index (χ2n) is 4.22. The molecule has 1 saturated carbocycles. The minimum atomic E-state index is -3.43. The summed E-state index contributed by atoms with van der Waals surface area (Å²) >= 11 is 0. The molecule has 0 bridgehead atoms.